The van der Waals surface area contributed by atoms with E-state index in [1.165, 1.54) is 5.06 Å². The molecule has 0 aromatic carbocycles. The fraction of sp³-hybridized carbons (Fsp3) is 0.962. The van der Waals surface area contributed by atoms with E-state index in [9.17, 15) is 9.36 Å². The summed E-state index contributed by atoms with van der Waals surface area (Å²) in [5.41, 5.74) is 0. The lowest BCUT2D eigenvalue weighted by Gasteiger charge is -2.36. The molecule has 0 aliphatic carbocycles. The Hall–Kier alpha value is -0.540. The van der Waals surface area contributed by atoms with Crippen molar-refractivity contribution in [1.82, 2.24) is 5.06 Å². The van der Waals surface area contributed by atoms with Crippen LogP contribution in [0.3, 0.4) is 0 Å². The van der Waals surface area contributed by atoms with E-state index in [0.717, 1.165) is 51.4 Å². The maximum atomic E-state index is 13.5. The van der Waals surface area contributed by atoms with Gasteiger partial charge in [-0.3, -0.25) is 14.2 Å². The number of rotatable bonds is 27. The number of hydrogen-bond donors (Lipinski definition) is 0. The Morgan fingerprint density at radius 1 is 0.694 bits per heavy atom. The lowest BCUT2D eigenvalue weighted by molar-refractivity contribution is -0.199. The van der Waals surface area contributed by atoms with Crippen LogP contribution in [0.25, 0.3) is 0 Å². The molecule has 0 fully saturated rings. The minimum atomic E-state index is -3.43. The quantitative estimate of drug-likeness (QED) is 0.0543. The first kappa shape index (κ1) is 35.5. The first-order valence-electron chi connectivity index (χ1n) is 14.0. The van der Waals surface area contributed by atoms with Crippen LogP contribution < -0.4 is 0 Å². The van der Waals surface area contributed by atoms with Crippen LogP contribution >= 0.6 is 7.60 Å². The third-order valence-corrected chi connectivity index (χ3v) is 7.60. The molecule has 3 atom stereocenters. The molecular weight excluding hydrogens is 485 g/mol. The Balaban J connectivity index is 6.07. The van der Waals surface area contributed by atoms with Crippen LogP contribution in [0.4, 0.5) is 0 Å². The molecule has 0 saturated heterocycles. The summed E-state index contributed by atoms with van der Waals surface area (Å²) in [5.74, 6) is 0. The summed E-state index contributed by atoms with van der Waals surface area (Å²) in [7, 11) is -3.43. The second kappa shape index (κ2) is 23.6. The predicted molar refractivity (Wildman–Crippen MR) is 143 cm³/mol. The summed E-state index contributed by atoms with van der Waals surface area (Å²) in [6, 6.07) is 0. The van der Waals surface area contributed by atoms with E-state index in [-0.39, 0.29) is 25.9 Å². The van der Waals surface area contributed by atoms with E-state index in [4.69, 9.17) is 28.1 Å². The van der Waals surface area contributed by atoms with Gasteiger partial charge in [0.2, 0.25) is 6.41 Å². The summed E-state index contributed by atoms with van der Waals surface area (Å²) in [5, 5.41) is 1.27. The zero-order chi connectivity index (χ0) is 27.1. The van der Waals surface area contributed by atoms with E-state index in [1.54, 1.807) is 13.8 Å². The van der Waals surface area contributed by atoms with E-state index in [1.807, 2.05) is 0 Å². The molecule has 216 valence electrons. The van der Waals surface area contributed by atoms with Crippen LogP contribution in [0.1, 0.15) is 92.9 Å². The van der Waals surface area contributed by atoms with Crippen molar-refractivity contribution < 1.29 is 37.5 Å². The molecule has 0 aromatic heterocycles. The molecule has 0 saturated carbocycles. The van der Waals surface area contributed by atoms with Crippen molar-refractivity contribution in [1.29, 1.82) is 0 Å². The van der Waals surface area contributed by atoms with E-state index >= 15 is 0 Å². The van der Waals surface area contributed by atoms with Crippen LogP contribution in [0.5, 0.6) is 0 Å². The highest BCUT2D eigenvalue weighted by molar-refractivity contribution is 7.53. The molecule has 0 N–H and O–H groups in total. The Bertz CT molecular complexity index is 544. The van der Waals surface area contributed by atoms with Crippen molar-refractivity contribution in [3.05, 3.63) is 0 Å². The number of carbonyl (C=O) groups excluding carboxylic acids is 1. The van der Waals surface area contributed by atoms with E-state index in [0.29, 0.717) is 32.8 Å². The van der Waals surface area contributed by atoms with Crippen molar-refractivity contribution in [3.8, 4) is 0 Å². The first-order valence-corrected chi connectivity index (χ1v) is 15.7. The zero-order valence-electron chi connectivity index (χ0n) is 23.8. The maximum Gasteiger partial charge on any atom is 0.333 e. The number of hydrogen-bond acceptors (Lipinski definition) is 8. The fourth-order valence-corrected chi connectivity index (χ4v) is 5.29. The monoisotopic (exact) mass is 539 g/mol. The Kier molecular flexibility index (Phi) is 23.2. The number of ether oxygens (including phenoxy) is 3. The van der Waals surface area contributed by atoms with Gasteiger partial charge in [-0.2, -0.15) is 0 Å². The molecule has 0 bridgehead atoms. The third-order valence-electron chi connectivity index (χ3n) is 5.49. The molecule has 36 heavy (non-hydrogen) atoms. The average Bonchev–Trinajstić information content (AvgIpc) is 2.85. The van der Waals surface area contributed by atoms with Gasteiger partial charge in [-0.1, -0.05) is 53.4 Å². The highest BCUT2D eigenvalue weighted by atomic mass is 31.2. The van der Waals surface area contributed by atoms with Gasteiger partial charge in [0.15, 0.2) is 0 Å². The average molecular weight is 540 g/mol. The topological polar surface area (TPSA) is 92.8 Å². The summed E-state index contributed by atoms with van der Waals surface area (Å²) in [6.07, 6.45) is 6.27. The first-order chi connectivity index (χ1) is 17.4. The van der Waals surface area contributed by atoms with Crippen LogP contribution in [0, 0.1) is 0 Å². The van der Waals surface area contributed by atoms with Crippen molar-refractivity contribution in [2.45, 2.75) is 111 Å². The Labute approximate surface area is 220 Å². The van der Waals surface area contributed by atoms with E-state index < -0.39 is 25.9 Å². The number of nitrogens with zero attached hydrogens (tertiary/aromatic N) is 1. The largest absolute Gasteiger partial charge is 0.375 e. The molecule has 0 radical (unpaired) electrons. The van der Waals surface area contributed by atoms with Gasteiger partial charge in [-0.15, -0.1) is 0 Å². The summed E-state index contributed by atoms with van der Waals surface area (Å²) < 4.78 is 43.6. The highest BCUT2D eigenvalue weighted by Crippen LogP contribution is 2.49. The van der Waals surface area contributed by atoms with Gasteiger partial charge in [-0.25, -0.2) is 5.06 Å². The molecule has 0 aromatic rings. The second-order valence-corrected chi connectivity index (χ2v) is 10.8. The third kappa shape index (κ3) is 16.3. The van der Waals surface area contributed by atoms with Gasteiger partial charge in [-0.05, 0) is 39.5 Å². The van der Waals surface area contributed by atoms with Crippen LogP contribution in [0.2, 0.25) is 0 Å². The van der Waals surface area contributed by atoms with Gasteiger partial charge in [0.05, 0.1) is 38.6 Å². The molecule has 9 nitrogen and oxygen atoms in total. The lowest BCUT2D eigenvalue weighted by Crippen LogP contribution is -2.50. The molecule has 1 amide bonds. The predicted octanol–water partition coefficient (Wildman–Crippen LogP) is 6.00. The molecular formula is C26H54NO8P. The Morgan fingerprint density at radius 3 is 1.64 bits per heavy atom. The van der Waals surface area contributed by atoms with Gasteiger partial charge in [0.25, 0.3) is 0 Å². The van der Waals surface area contributed by atoms with Crippen molar-refractivity contribution >= 4 is 14.0 Å². The Morgan fingerprint density at radius 2 is 1.17 bits per heavy atom. The van der Waals surface area contributed by atoms with Gasteiger partial charge < -0.3 is 23.3 Å². The van der Waals surface area contributed by atoms with Gasteiger partial charge in [0.1, 0.15) is 12.2 Å². The van der Waals surface area contributed by atoms with Crippen molar-refractivity contribution in [3.63, 3.8) is 0 Å². The summed E-state index contributed by atoms with van der Waals surface area (Å²) >= 11 is 0. The highest BCUT2D eigenvalue weighted by Gasteiger charge is 2.39. The SMILES string of the molecule is CCCCO[C@@H]([C@H](CN(C=O)OCCCC)OCCCC)[C@@H](CP(=O)(OCC)OCC)OCCCC. The van der Waals surface area contributed by atoms with Crippen molar-refractivity contribution in [2.75, 3.05) is 52.3 Å². The number of unbranched alkanes of at least 4 members (excludes halogenated alkanes) is 4. The molecule has 0 aliphatic rings. The van der Waals surface area contributed by atoms with Crippen LogP contribution in [-0.4, -0.2) is 82.1 Å². The smallest absolute Gasteiger partial charge is 0.333 e. The molecule has 0 aliphatic heterocycles. The minimum Gasteiger partial charge on any atom is -0.375 e. The van der Waals surface area contributed by atoms with E-state index in [2.05, 4.69) is 27.7 Å². The molecule has 0 spiro atoms. The standard InChI is InChI=1S/C26H54NO8P/c1-7-13-17-30-24(21-27(23-28)33-20-16-10-4)26(32-19-15-9-3)25(31-18-14-8-2)22-36(29,34-11-5)35-12-6/h23-26H,7-22H2,1-6H3/t24-,25+,26-/m0/s1. The normalized spacial score (nSPS) is 14.5. The van der Waals surface area contributed by atoms with Gasteiger partial charge >= 0.3 is 7.60 Å². The molecule has 10 heteroatoms. The molecule has 0 unspecified atom stereocenters. The second-order valence-electron chi connectivity index (χ2n) is 8.74. The summed E-state index contributed by atoms with van der Waals surface area (Å²) in [4.78, 5) is 17.5. The minimum absolute atomic E-state index is 0.0423. The summed E-state index contributed by atoms with van der Waals surface area (Å²) in [6.45, 7) is 14.6. The number of hydroxylamine groups is 2. The fourth-order valence-electron chi connectivity index (χ4n) is 3.46. The van der Waals surface area contributed by atoms with Crippen LogP contribution in [0.15, 0.2) is 0 Å². The number of carbonyl (C=O) groups is 1. The maximum absolute atomic E-state index is 13.5. The molecule has 0 rings (SSSR count). The van der Waals surface area contributed by atoms with Gasteiger partial charge in [0, 0.05) is 19.8 Å². The lowest BCUT2D eigenvalue weighted by atomic mass is 10.1. The van der Waals surface area contributed by atoms with Crippen LogP contribution in [-0.2, 0) is 37.5 Å². The molecule has 0 heterocycles. The zero-order valence-corrected chi connectivity index (χ0v) is 24.7. The number of amides is 1. The van der Waals surface area contributed by atoms with Crippen molar-refractivity contribution in [2.24, 2.45) is 0 Å².